The smallest absolute Gasteiger partial charge is 0.391 e. The van der Waals surface area contributed by atoms with Crippen LogP contribution < -0.4 is 5.32 Å². The van der Waals surface area contributed by atoms with Crippen LogP contribution in [0, 0.1) is 0 Å². The van der Waals surface area contributed by atoms with Crippen LogP contribution in [0.5, 0.6) is 0 Å². The summed E-state index contributed by atoms with van der Waals surface area (Å²) in [6, 6.07) is 3.39. The van der Waals surface area contributed by atoms with Crippen LogP contribution >= 0.6 is 0 Å². The summed E-state index contributed by atoms with van der Waals surface area (Å²) in [6.45, 7) is 2.98. The monoisotopic (exact) mass is 330 g/mol. The van der Waals surface area contributed by atoms with Gasteiger partial charge in [-0.15, -0.1) is 0 Å². The molecule has 1 aliphatic heterocycles. The van der Waals surface area contributed by atoms with Gasteiger partial charge >= 0.3 is 12.2 Å². The van der Waals surface area contributed by atoms with E-state index in [0.717, 1.165) is 17.0 Å². The Bertz CT molecular complexity index is 615. The molecule has 1 fully saturated rings. The van der Waals surface area contributed by atoms with Crippen LogP contribution in [-0.4, -0.2) is 34.6 Å². The Balaban J connectivity index is 2.28. The van der Waals surface area contributed by atoms with Gasteiger partial charge in [-0.3, -0.25) is 9.69 Å². The van der Waals surface area contributed by atoms with Gasteiger partial charge in [0.05, 0.1) is 18.2 Å². The minimum atomic E-state index is -4.47. The van der Waals surface area contributed by atoms with Gasteiger partial charge in [-0.1, -0.05) is 19.1 Å². The molecule has 0 aliphatic carbocycles. The van der Waals surface area contributed by atoms with E-state index < -0.39 is 35.3 Å². The highest BCUT2D eigenvalue weighted by atomic mass is 19.4. The number of carbonyl (C=O) groups excluding carboxylic acids is 2. The molecule has 1 aromatic carbocycles. The fraction of sp³-hybridized carbons (Fsp3) is 0.467. The summed E-state index contributed by atoms with van der Waals surface area (Å²) >= 11 is 0. The predicted octanol–water partition coefficient (Wildman–Crippen LogP) is 2.24. The highest BCUT2D eigenvalue weighted by molar-refractivity contribution is 6.07. The summed E-state index contributed by atoms with van der Waals surface area (Å²) in [4.78, 5) is 25.3. The van der Waals surface area contributed by atoms with Crippen molar-refractivity contribution in [1.29, 1.82) is 0 Å². The van der Waals surface area contributed by atoms with E-state index in [1.165, 1.54) is 19.1 Å². The molecule has 3 amide bonds. The van der Waals surface area contributed by atoms with E-state index in [1.807, 2.05) is 0 Å². The molecule has 0 bridgehead atoms. The molecule has 0 unspecified atom stereocenters. The average molecular weight is 330 g/mol. The molecular weight excluding hydrogens is 313 g/mol. The van der Waals surface area contributed by atoms with Gasteiger partial charge in [0, 0.05) is 0 Å². The van der Waals surface area contributed by atoms with Crippen LogP contribution in [0.2, 0.25) is 0 Å². The first-order chi connectivity index (χ1) is 10.6. The number of carbonyl (C=O) groups is 2. The molecule has 2 rings (SSSR count). The number of nitrogens with one attached hydrogen (secondary N) is 1. The first-order valence-electron chi connectivity index (χ1n) is 7.09. The molecule has 0 spiro atoms. The number of aliphatic hydroxyl groups excluding tert-OH is 1. The van der Waals surface area contributed by atoms with Crippen LogP contribution in [0.3, 0.4) is 0 Å². The number of benzene rings is 1. The summed E-state index contributed by atoms with van der Waals surface area (Å²) in [5.74, 6) is -0.602. The Kier molecular flexibility index (Phi) is 4.39. The highest BCUT2D eigenvalue weighted by Gasteiger charge is 2.49. The molecule has 0 saturated carbocycles. The van der Waals surface area contributed by atoms with E-state index in [1.54, 1.807) is 6.92 Å². The maximum atomic E-state index is 12.6. The van der Waals surface area contributed by atoms with Crippen molar-refractivity contribution in [2.45, 2.75) is 38.1 Å². The van der Waals surface area contributed by atoms with Gasteiger partial charge in [0.2, 0.25) is 0 Å². The molecular formula is C15H17F3N2O3. The first-order valence-corrected chi connectivity index (χ1v) is 7.09. The quantitative estimate of drug-likeness (QED) is 0.832. The standard InChI is InChI=1S/C15H17F3N2O3/c1-3-11(21)8-20-12(22)14(2,19-13(20)23)9-4-6-10(7-5-9)15(16,17)18/h4-7,11,21H,3,8H2,1-2H3,(H,19,23)/t11-,14+/m0/s1. The summed E-state index contributed by atoms with van der Waals surface area (Å²) in [7, 11) is 0. The number of halogens is 3. The number of hydrogen-bond acceptors (Lipinski definition) is 3. The van der Waals surface area contributed by atoms with Crippen molar-refractivity contribution in [3.8, 4) is 0 Å². The molecule has 0 radical (unpaired) electrons. The van der Waals surface area contributed by atoms with Gasteiger partial charge in [0.1, 0.15) is 5.54 Å². The van der Waals surface area contributed by atoms with E-state index in [2.05, 4.69) is 5.32 Å². The molecule has 126 valence electrons. The third kappa shape index (κ3) is 3.17. The third-order valence-corrected chi connectivity index (χ3v) is 3.93. The normalized spacial score (nSPS) is 23.1. The van der Waals surface area contributed by atoms with Crippen molar-refractivity contribution in [3.05, 3.63) is 35.4 Å². The Morgan fingerprint density at radius 1 is 1.26 bits per heavy atom. The van der Waals surface area contributed by atoms with Gasteiger partial charge < -0.3 is 10.4 Å². The lowest BCUT2D eigenvalue weighted by Crippen LogP contribution is -2.42. The maximum Gasteiger partial charge on any atom is 0.416 e. The number of rotatable bonds is 4. The van der Waals surface area contributed by atoms with Crippen LogP contribution in [0.4, 0.5) is 18.0 Å². The Morgan fingerprint density at radius 3 is 2.30 bits per heavy atom. The van der Waals surface area contributed by atoms with Crippen molar-refractivity contribution in [1.82, 2.24) is 10.2 Å². The number of urea groups is 1. The SMILES string of the molecule is CC[C@H](O)CN1C(=O)N[C@](C)(c2ccc(C(F)(F)F)cc2)C1=O. The minimum Gasteiger partial charge on any atom is -0.391 e. The fourth-order valence-electron chi connectivity index (χ4n) is 2.39. The van der Waals surface area contributed by atoms with Gasteiger partial charge in [-0.25, -0.2) is 4.79 Å². The van der Waals surface area contributed by atoms with E-state index in [9.17, 15) is 27.9 Å². The summed E-state index contributed by atoms with van der Waals surface area (Å²) in [5, 5.41) is 12.1. The third-order valence-electron chi connectivity index (χ3n) is 3.93. The molecule has 2 N–H and O–H groups in total. The predicted molar refractivity (Wildman–Crippen MR) is 75.3 cm³/mol. The van der Waals surface area contributed by atoms with Crippen molar-refractivity contribution in [2.24, 2.45) is 0 Å². The second kappa shape index (κ2) is 5.84. The first kappa shape index (κ1) is 17.3. The Morgan fingerprint density at radius 2 is 1.83 bits per heavy atom. The van der Waals surface area contributed by atoms with E-state index >= 15 is 0 Å². The second-order valence-electron chi connectivity index (χ2n) is 5.61. The number of imide groups is 1. The number of alkyl halides is 3. The molecule has 1 saturated heterocycles. The maximum absolute atomic E-state index is 12.6. The number of β-amino-alcohol motifs (C(OH)–C–C–N with tert-alkyl or cyclic N) is 1. The zero-order valence-electron chi connectivity index (χ0n) is 12.6. The summed E-state index contributed by atoms with van der Waals surface area (Å²) in [6.07, 6.45) is -4.95. The number of amides is 3. The molecule has 5 nitrogen and oxygen atoms in total. The lowest BCUT2D eigenvalue weighted by molar-refractivity contribution is -0.137. The van der Waals surface area contributed by atoms with Crippen molar-refractivity contribution >= 4 is 11.9 Å². The second-order valence-corrected chi connectivity index (χ2v) is 5.61. The molecule has 23 heavy (non-hydrogen) atoms. The van der Waals surface area contributed by atoms with Crippen LogP contribution in [0.15, 0.2) is 24.3 Å². The lowest BCUT2D eigenvalue weighted by atomic mass is 9.91. The molecule has 8 heteroatoms. The largest absolute Gasteiger partial charge is 0.416 e. The Hall–Kier alpha value is -2.09. The average Bonchev–Trinajstić information content (AvgIpc) is 2.71. The molecule has 0 aromatic heterocycles. The van der Waals surface area contributed by atoms with Crippen molar-refractivity contribution in [3.63, 3.8) is 0 Å². The zero-order chi connectivity index (χ0) is 17.4. The number of nitrogens with zero attached hydrogens (tertiary/aromatic N) is 1. The number of hydrogen-bond donors (Lipinski definition) is 2. The topological polar surface area (TPSA) is 69.6 Å². The molecule has 1 aliphatic rings. The summed E-state index contributed by atoms with van der Waals surface area (Å²) < 4.78 is 37.8. The fourth-order valence-corrected chi connectivity index (χ4v) is 2.39. The molecule has 2 atom stereocenters. The minimum absolute atomic E-state index is 0.155. The highest BCUT2D eigenvalue weighted by Crippen LogP contribution is 2.33. The zero-order valence-corrected chi connectivity index (χ0v) is 12.6. The van der Waals surface area contributed by atoms with Gasteiger partial charge in [0.15, 0.2) is 0 Å². The Labute approximate surface area is 131 Å². The van der Waals surface area contributed by atoms with Gasteiger partial charge in [-0.05, 0) is 31.0 Å². The van der Waals surface area contributed by atoms with Crippen LogP contribution in [0.25, 0.3) is 0 Å². The van der Waals surface area contributed by atoms with Gasteiger partial charge in [-0.2, -0.15) is 13.2 Å². The number of aliphatic hydroxyl groups is 1. The lowest BCUT2D eigenvalue weighted by Gasteiger charge is -2.23. The van der Waals surface area contributed by atoms with Crippen LogP contribution in [-0.2, 0) is 16.5 Å². The summed E-state index contributed by atoms with van der Waals surface area (Å²) in [5.41, 5.74) is -2.04. The van der Waals surface area contributed by atoms with Crippen LogP contribution in [0.1, 0.15) is 31.4 Å². The molecule has 1 aromatic rings. The van der Waals surface area contributed by atoms with Crippen molar-refractivity contribution < 1.29 is 27.9 Å². The van der Waals surface area contributed by atoms with E-state index in [4.69, 9.17) is 0 Å². The molecule has 1 heterocycles. The van der Waals surface area contributed by atoms with E-state index in [0.29, 0.717) is 6.42 Å². The van der Waals surface area contributed by atoms with Gasteiger partial charge in [0.25, 0.3) is 5.91 Å². The van der Waals surface area contributed by atoms with Crippen molar-refractivity contribution in [2.75, 3.05) is 6.54 Å². The van der Waals surface area contributed by atoms with E-state index in [-0.39, 0.29) is 12.1 Å².